The summed E-state index contributed by atoms with van der Waals surface area (Å²) in [5.74, 6) is -0.0453. The lowest BCUT2D eigenvalue weighted by molar-refractivity contribution is -0.140. The maximum absolute atomic E-state index is 13.0. The minimum atomic E-state index is -0.122. The molecule has 3 saturated heterocycles. The van der Waals surface area contributed by atoms with E-state index in [2.05, 4.69) is 9.97 Å². The van der Waals surface area contributed by atoms with Crippen LogP contribution in [0, 0.1) is 5.92 Å². The number of nitrogens with zero attached hydrogens (tertiary/aromatic N) is 4. The molecule has 0 aliphatic carbocycles. The third-order valence-electron chi connectivity index (χ3n) is 5.33. The highest BCUT2D eigenvalue weighted by atomic mass is 32.2. The molecule has 2 amide bonds. The smallest absolute Gasteiger partial charge is 0.257 e. The van der Waals surface area contributed by atoms with Crippen molar-refractivity contribution in [2.24, 2.45) is 5.92 Å². The third-order valence-corrected chi connectivity index (χ3v) is 5.91. The molecule has 0 N–H and O–H groups in total. The van der Waals surface area contributed by atoms with Crippen molar-refractivity contribution < 1.29 is 9.59 Å². The van der Waals surface area contributed by atoms with Crippen molar-refractivity contribution in [2.75, 3.05) is 19.3 Å². The molecule has 6 nitrogen and oxygen atoms in total. The van der Waals surface area contributed by atoms with Gasteiger partial charge in [0.2, 0.25) is 5.91 Å². The van der Waals surface area contributed by atoms with Gasteiger partial charge in [-0.3, -0.25) is 9.59 Å². The predicted octanol–water partition coefficient (Wildman–Crippen LogP) is 2.46. The highest BCUT2D eigenvalue weighted by Gasteiger charge is 2.42. The van der Waals surface area contributed by atoms with Crippen LogP contribution in [-0.2, 0) is 11.3 Å². The molecule has 2 atom stereocenters. The quantitative estimate of drug-likeness (QED) is 0.600. The van der Waals surface area contributed by atoms with Crippen LogP contribution >= 0.6 is 11.8 Å². The first kappa shape index (κ1) is 18.0. The van der Waals surface area contributed by atoms with Gasteiger partial charge < -0.3 is 9.80 Å². The van der Waals surface area contributed by atoms with Crippen molar-refractivity contribution in [3.8, 4) is 0 Å². The predicted molar refractivity (Wildman–Crippen MR) is 103 cm³/mol. The van der Waals surface area contributed by atoms with Crippen molar-refractivity contribution in [3.63, 3.8) is 0 Å². The summed E-state index contributed by atoms with van der Waals surface area (Å²) in [4.78, 5) is 38.1. The van der Waals surface area contributed by atoms with E-state index in [0.717, 1.165) is 18.4 Å². The Hall–Kier alpha value is -2.41. The van der Waals surface area contributed by atoms with Gasteiger partial charge in [-0.1, -0.05) is 42.1 Å². The number of carbonyl (C=O) groups is 2. The molecular weight excluding hydrogens is 360 g/mol. The fraction of sp³-hybridized carbons (Fsp3) is 0.400. The molecular formula is C20H22N4O2S. The zero-order valence-electron chi connectivity index (χ0n) is 15.2. The monoisotopic (exact) mass is 382 g/mol. The van der Waals surface area contributed by atoms with Crippen LogP contribution in [0.4, 0.5) is 0 Å². The van der Waals surface area contributed by atoms with E-state index in [0.29, 0.717) is 30.4 Å². The van der Waals surface area contributed by atoms with Gasteiger partial charge in [-0.15, -0.1) is 0 Å². The molecule has 5 rings (SSSR count). The minimum Gasteiger partial charge on any atom is -0.336 e. The van der Waals surface area contributed by atoms with Crippen LogP contribution in [0.3, 0.4) is 0 Å². The number of benzene rings is 1. The van der Waals surface area contributed by atoms with Gasteiger partial charge >= 0.3 is 0 Å². The topological polar surface area (TPSA) is 66.4 Å². The zero-order valence-corrected chi connectivity index (χ0v) is 16.1. The summed E-state index contributed by atoms with van der Waals surface area (Å²) in [6.07, 6.45) is 6.85. The van der Waals surface area contributed by atoms with Crippen LogP contribution in [0.15, 0.2) is 47.9 Å². The van der Waals surface area contributed by atoms with Gasteiger partial charge in [-0.05, 0) is 24.7 Å². The van der Waals surface area contributed by atoms with Crippen molar-refractivity contribution >= 4 is 23.6 Å². The van der Waals surface area contributed by atoms with Crippen LogP contribution in [0.5, 0.6) is 0 Å². The van der Waals surface area contributed by atoms with E-state index in [1.807, 2.05) is 46.4 Å². The summed E-state index contributed by atoms with van der Waals surface area (Å²) in [6, 6.07) is 10.1. The normalized spacial score (nSPS) is 22.0. The first-order valence-electron chi connectivity index (χ1n) is 9.15. The summed E-state index contributed by atoms with van der Waals surface area (Å²) >= 11 is 1.44. The first-order valence-corrected chi connectivity index (χ1v) is 10.4. The molecule has 3 aliphatic rings. The number of aromatic nitrogens is 2. The second-order valence-electron chi connectivity index (χ2n) is 7.05. The number of fused-ring (bicyclic) bond motifs is 4. The molecule has 0 saturated carbocycles. The van der Waals surface area contributed by atoms with Gasteiger partial charge in [0.1, 0.15) is 0 Å². The van der Waals surface area contributed by atoms with Crippen LogP contribution in [0.2, 0.25) is 0 Å². The van der Waals surface area contributed by atoms with Crippen molar-refractivity contribution in [1.29, 1.82) is 0 Å². The lowest BCUT2D eigenvalue weighted by Gasteiger charge is -2.36. The average Bonchev–Trinajstić information content (AvgIpc) is 3.01. The molecule has 0 radical (unpaired) electrons. The van der Waals surface area contributed by atoms with Crippen molar-refractivity contribution in [2.45, 2.75) is 30.6 Å². The number of thioether (sulfide) groups is 1. The Morgan fingerprint density at radius 3 is 2.59 bits per heavy atom. The second kappa shape index (κ2) is 7.68. The molecule has 4 heterocycles. The van der Waals surface area contributed by atoms with Crippen molar-refractivity contribution in [3.05, 3.63) is 53.9 Å². The van der Waals surface area contributed by atoms with Crippen LogP contribution in [0.1, 0.15) is 28.8 Å². The average molecular weight is 382 g/mol. The lowest BCUT2D eigenvalue weighted by atomic mass is 9.93. The van der Waals surface area contributed by atoms with E-state index < -0.39 is 0 Å². The van der Waals surface area contributed by atoms with Gasteiger partial charge in [-0.25, -0.2) is 9.97 Å². The molecule has 140 valence electrons. The number of amides is 2. The molecule has 27 heavy (non-hydrogen) atoms. The van der Waals surface area contributed by atoms with Gasteiger partial charge in [0, 0.05) is 38.1 Å². The lowest BCUT2D eigenvalue weighted by Crippen LogP contribution is -2.47. The van der Waals surface area contributed by atoms with E-state index in [4.69, 9.17) is 0 Å². The standard InChI is InChI=1S/C20H22N4O2S/c1-27-20-21-9-16(10-22-20)18(25)23-12-15-7-8-17(13-23)24(19(15)26)11-14-5-3-2-4-6-14/h2-6,9-10,15,17H,7-8,11-13H2,1H3/t15-,17+/m1/s1. The van der Waals surface area contributed by atoms with Crippen LogP contribution in [0.25, 0.3) is 0 Å². The fourth-order valence-corrected chi connectivity index (χ4v) is 4.23. The first-order chi connectivity index (χ1) is 13.2. The van der Waals surface area contributed by atoms with Crippen LogP contribution < -0.4 is 0 Å². The SMILES string of the molecule is CSc1ncc(C(=O)N2C[C@H]3CC[C@@H](C2)N(Cc2ccccc2)C3=O)cn1. The van der Waals surface area contributed by atoms with E-state index in [-0.39, 0.29) is 23.8 Å². The maximum atomic E-state index is 13.0. The number of hydrogen-bond donors (Lipinski definition) is 0. The van der Waals surface area contributed by atoms with E-state index >= 15 is 0 Å². The van der Waals surface area contributed by atoms with E-state index in [1.54, 1.807) is 12.4 Å². The summed E-state index contributed by atoms with van der Waals surface area (Å²) < 4.78 is 0. The van der Waals surface area contributed by atoms with E-state index in [9.17, 15) is 9.59 Å². The van der Waals surface area contributed by atoms with Gasteiger partial charge in [0.05, 0.1) is 11.5 Å². The summed E-state index contributed by atoms with van der Waals surface area (Å²) in [7, 11) is 0. The molecule has 2 bridgehead atoms. The summed E-state index contributed by atoms with van der Waals surface area (Å²) in [6.45, 7) is 1.65. The number of carbonyl (C=O) groups excluding carboxylic acids is 2. The maximum Gasteiger partial charge on any atom is 0.257 e. The Kier molecular flexibility index (Phi) is 5.11. The molecule has 0 unspecified atom stereocenters. The summed E-state index contributed by atoms with van der Waals surface area (Å²) in [5, 5.41) is 0.645. The summed E-state index contributed by atoms with van der Waals surface area (Å²) in [5.41, 5.74) is 1.61. The Balaban J connectivity index is 1.53. The highest BCUT2D eigenvalue weighted by Crippen LogP contribution is 2.31. The molecule has 0 spiro atoms. The van der Waals surface area contributed by atoms with Crippen LogP contribution in [-0.4, -0.2) is 57.0 Å². The number of piperidine rings is 1. The number of hydrogen-bond acceptors (Lipinski definition) is 5. The molecule has 1 aromatic carbocycles. The molecule has 2 aromatic rings. The molecule has 1 aromatic heterocycles. The highest BCUT2D eigenvalue weighted by molar-refractivity contribution is 7.98. The Bertz CT molecular complexity index is 828. The Morgan fingerprint density at radius 1 is 1.15 bits per heavy atom. The third kappa shape index (κ3) is 3.69. The Labute approximate surface area is 163 Å². The van der Waals surface area contributed by atoms with Gasteiger partial charge in [0.15, 0.2) is 5.16 Å². The fourth-order valence-electron chi connectivity index (χ4n) is 3.91. The van der Waals surface area contributed by atoms with Gasteiger partial charge in [-0.2, -0.15) is 0 Å². The Morgan fingerprint density at radius 2 is 1.89 bits per heavy atom. The van der Waals surface area contributed by atoms with Gasteiger partial charge in [0.25, 0.3) is 5.91 Å². The minimum absolute atomic E-state index is 0.0618. The molecule has 3 fully saturated rings. The zero-order chi connectivity index (χ0) is 18.8. The van der Waals surface area contributed by atoms with Crippen molar-refractivity contribution in [1.82, 2.24) is 19.8 Å². The second-order valence-corrected chi connectivity index (χ2v) is 7.82. The molecule has 7 heteroatoms. The molecule has 3 aliphatic heterocycles. The van der Waals surface area contributed by atoms with E-state index in [1.165, 1.54) is 11.8 Å². The number of rotatable bonds is 4. The largest absolute Gasteiger partial charge is 0.336 e.